The van der Waals surface area contributed by atoms with E-state index in [9.17, 15) is 9.59 Å². The van der Waals surface area contributed by atoms with E-state index < -0.39 is 5.24 Å². The number of amides is 1. The molecule has 0 aliphatic carbocycles. The van der Waals surface area contributed by atoms with Crippen molar-refractivity contribution >= 4 is 34.4 Å². The molecule has 0 atom stereocenters. The lowest BCUT2D eigenvalue weighted by atomic mass is 10.1. The Bertz CT molecular complexity index is 751. The fourth-order valence-corrected chi connectivity index (χ4v) is 2.45. The third-order valence-electron chi connectivity index (χ3n) is 3.48. The van der Waals surface area contributed by atoms with Crippen molar-refractivity contribution in [3.8, 4) is 5.75 Å². The zero-order valence-corrected chi connectivity index (χ0v) is 15.5. The summed E-state index contributed by atoms with van der Waals surface area (Å²) in [7, 11) is 0. The maximum Gasteiger partial charge on any atom is 0.271 e. The van der Waals surface area contributed by atoms with Crippen LogP contribution >= 0.6 is 23.2 Å². The molecule has 8 heteroatoms. The molecule has 134 valence electrons. The van der Waals surface area contributed by atoms with Gasteiger partial charge in [0.05, 0.1) is 0 Å². The van der Waals surface area contributed by atoms with Crippen molar-refractivity contribution in [3.05, 3.63) is 46.2 Å². The number of carbonyl (C=O) groups excluding carboxylic acids is 2. The van der Waals surface area contributed by atoms with E-state index in [-0.39, 0.29) is 24.8 Å². The first-order chi connectivity index (χ1) is 11.9. The predicted octanol–water partition coefficient (Wildman–Crippen LogP) is 3.47. The van der Waals surface area contributed by atoms with Crippen LogP contribution in [0.1, 0.15) is 34.5 Å². The Hall–Kier alpha value is -2.05. The van der Waals surface area contributed by atoms with Crippen molar-refractivity contribution in [2.45, 2.75) is 33.4 Å². The van der Waals surface area contributed by atoms with Gasteiger partial charge in [-0.3, -0.25) is 9.59 Å². The zero-order chi connectivity index (χ0) is 18.4. The topological polar surface area (TPSA) is 73.2 Å². The predicted molar refractivity (Wildman–Crippen MR) is 96.2 cm³/mol. The molecule has 1 heterocycles. The van der Waals surface area contributed by atoms with E-state index in [2.05, 4.69) is 10.4 Å². The van der Waals surface area contributed by atoms with Gasteiger partial charge in [0, 0.05) is 24.2 Å². The number of benzene rings is 1. The molecule has 6 nitrogen and oxygen atoms in total. The molecule has 0 aliphatic rings. The number of aryl methyl sites for hydroxylation is 2. The Morgan fingerprint density at radius 2 is 1.96 bits per heavy atom. The monoisotopic (exact) mass is 383 g/mol. The molecule has 0 saturated heterocycles. The van der Waals surface area contributed by atoms with Gasteiger partial charge < -0.3 is 10.1 Å². The number of halogens is 2. The average molecular weight is 384 g/mol. The second-order valence-corrected chi connectivity index (χ2v) is 6.40. The molecular weight excluding hydrogens is 365 g/mol. The summed E-state index contributed by atoms with van der Waals surface area (Å²) in [5.74, 6) is 0.380. The Kier molecular flexibility index (Phi) is 6.84. The van der Waals surface area contributed by atoms with Crippen molar-refractivity contribution in [1.82, 2.24) is 15.1 Å². The van der Waals surface area contributed by atoms with Crippen LogP contribution in [0.25, 0.3) is 0 Å². The lowest BCUT2D eigenvalue weighted by molar-refractivity contribution is -0.111. The molecule has 1 N–H and O–H groups in total. The van der Waals surface area contributed by atoms with Gasteiger partial charge in [0.1, 0.15) is 11.4 Å². The van der Waals surface area contributed by atoms with Gasteiger partial charge in [-0.1, -0.05) is 11.6 Å². The van der Waals surface area contributed by atoms with Crippen LogP contribution in [-0.4, -0.2) is 27.5 Å². The van der Waals surface area contributed by atoms with Crippen molar-refractivity contribution in [2.75, 3.05) is 6.54 Å². The third-order valence-corrected chi connectivity index (χ3v) is 4.27. The number of hydrogen-bond acceptors (Lipinski definition) is 4. The number of rotatable bonds is 8. The second-order valence-electron chi connectivity index (χ2n) is 5.60. The van der Waals surface area contributed by atoms with Gasteiger partial charge in [0.25, 0.3) is 5.91 Å². The van der Waals surface area contributed by atoms with E-state index in [0.29, 0.717) is 18.7 Å². The van der Waals surface area contributed by atoms with Crippen LogP contribution in [0.3, 0.4) is 0 Å². The van der Waals surface area contributed by atoms with Gasteiger partial charge in [0.2, 0.25) is 5.24 Å². The van der Waals surface area contributed by atoms with Crippen LogP contribution < -0.4 is 10.1 Å². The molecule has 1 aromatic carbocycles. The molecule has 2 rings (SSSR count). The molecule has 25 heavy (non-hydrogen) atoms. The number of carbonyl (C=O) groups is 2. The SMILES string of the molecule is Cc1cc(OCn2ccc(C(=O)NCCCC(=O)Cl)n2)cc(C)c1Cl. The van der Waals surface area contributed by atoms with E-state index >= 15 is 0 Å². The highest BCUT2D eigenvalue weighted by Gasteiger charge is 2.10. The minimum atomic E-state index is -0.414. The highest BCUT2D eigenvalue weighted by molar-refractivity contribution is 6.63. The number of ether oxygens (including phenoxy) is 1. The molecule has 0 unspecified atom stereocenters. The Morgan fingerprint density at radius 1 is 1.28 bits per heavy atom. The van der Waals surface area contributed by atoms with Crippen molar-refractivity contribution in [2.24, 2.45) is 0 Å². The van der Waals surface area contributed by atoms with Gasteiger partial charge >= 0.3 is 0 Å². The number of aromatic nitrogens is 2. The minimum absolute atomic E-state index is 0.175. The summed E-state index contributed by atoms with van der Waals surface area (Å²) in [4.78, 5) is 22.6. The number of hydrogen-bond donors (Lipinski definition) is 1. The van der Waals surface area contributed by atoms with Crippen LogP contribution in [-0.2, 0) is 11.5 Å². The Balaban J connectivity index is 1.87. The molecule has 0 spiro atoms. The van der Waals surface area contributed by atoms with E-state index in [1.54, 1.807) is 12.3 Å². The van der Waals surface area contributed by atoms with Crippen LogP contribution in [0.15, 0.2) is 24.4 Å². The van der Waals surface area contributed by atoms with Crippen LogP contribution in [0, 0.1) is 13.8 Å². The van der Waals surface area contributed by atoms with Gasteiger partial charge in [-0.15, -0.1) is 0 Å². The molecule has 0 saturated carbocycles. The van der Waals surface area contributed by atoms with Crippen molar-refractivity contribution in [1.29, 1.82) is 0 Å². The first-order valence-electron chi connectivity index (χ1n) is 7.76. The largest absolute Gasteiger partial charge is 0.471 e. The highest BCUT2D eigenvalue weighted by atomic mass is 35.5. The van der Waals surface area contributed by atoms with Gasteiger partial charge in [-0.2, -0.15) is 5.10 Å². The van der Waals surface area contributed by atoms with E-state index in [4.69, 9.17) is 27.9 Å². The highest BCUT2D eigenvalue weighted by Crippen LogP contribution is 2.25. The molecular formula is C17H19Cl2N3O3. The summed E-state index contributed by atoms with van der Waals surface area (Å²) in [6, 6.07) is 5.30. The summed E-state index contributed by atoms with van der Waals surface area (Å²) >= 11 is 11.4. The number of nitrogens with zero attached hydrogens (tertiary/aromatic N) is 2. The van der Waals surface area contributed by atoms with E-state index in [0.717, 1.165) is 16.1 Å². The van der Waals surface area contributed by atoms with Crippen molar-refractivity contribution < 1.29 is 14.3 Å². The molecule has 0 radical (unpaired) electrons. The van der Waals surface area contributed by atoms with Crippen LogP contribution in [0.4, 0.5) is 0 Å². The fraction of sp³-hybridized carbons (Fsp3) is 0.353. The van der Waals surface area contributed by atoms with Crippen LogP contribution in [0.2, 0.25) is 5.02 Å². The lowest BCUT2D eigenvalue weighted by Gasteiger charge is -2.10. The summed E-state index contributed by atoms with van der Waals surface area (Å²) in [6.45, 7) is 4.37. The molecule has 1 amide bonds. The summed E-state index contributed by atoms with van der Waals surface area (Å²) in [6.07, 6.45) is 2.38. The third kappa shape index (κ3) is 5.76. The standard InChI is InChI=1S/C17H19Cl2N3O3/c1-11-8-13(9-12(2)16(11)19)25-10-22-7-5-14(21-22)17(24)20-6-3-4-15(18)23/h5,7-9H,3-4,6,10H2,1-2H3,(H,20,24). The molecule has 0 fully saturated rings. The molecule has 2 aromatic rings. The molecule has 0 bridgehead atoms. The quantitative estimate of drug-likeness (QED) is 0.559. The molecule has 0 aliphatic heterocycles. The lowest BCUT2D eigenvalue weighted by Crippen LogP contribution is -2.25. The first kappa shape index (κ1) is 19.3. The maximum absolute atomic E-state index is 11.9. The maximum atomic E-state index is 11.9. The average Bonchev–Trinajstić information content (AvgIpc) is 3.03. The van der Waals surface area contributed by atoms with Crippen LogP contribution in [0.5, 0.6) is 5.75 Å². The second kappa shape index (κ2) is 8.87. The van der Waals surface area contributed by atoms with Gasteiger partial charge in [-0.25, -0.2) is 4.68 Å². The summed E-state index contributed by atoms with van der Waals surface area (Å²) in [5.41, 5.74) is 2.16. The minimum Gasteiger partial charge on any atom is -0.471 e. The Morgan fingerprint density at radius 3 is 2.60 bits per heavy atom. The smallest absolute Gasteiger partial charge is 0.271 e. The zero-order valence-electron chi connectivity index (χ0n) is 14.0. The van der Waals surface area contributed by atoms with E-state index in [1.807, 2.05) is 26.0 Å². The molecule has 1 aromatic heterocycles. The summed E-state index contributed by atoms with van der Waals surface area (Å²) in [5, 5.41) is 7.15. The summed E-state index contributed by atoms with van der Waals surface area (Å²) < 4.78 is 7.21. The van der Waals surface area contributed by atoms with E-state index in [1.165, 1.54) is 4.68 Å². The number of nitrogens with one attached hydrogen (secondary N) is 1. The van der Waals surface area contributed by atoms with Gasteiger partial charge in [-0.05, 0) is 61.2 Å². The fourth-order valence-electron chi connectivity index (χ4n) is 2.20. The van der Waals surface area contributed by atoms with Crippen molar-refractivity contribution in [3.63, 3.8) is 0 Å². The van der Waals surface area contributed by atoms with Gasteiger partial charge in [0.15, 0.2) is 6.73 Å². The Labute approximate surface area is 156 Å². The first-order valence-corrected chi connectivity index (χ1v) is 8.52. The normalized spacial score (nSPS) is 10.6.